The predicted octanol–water partition coefficient (Wildman–Crippen LogP) is 17.0. The van der Waals surface area contributed by atoms with E-state index in [0.717, 1.165) is 64.0 Å². The van der Waals surface area contributed by atoms with Crippen molar-refractivity contribution in [3.63, 3.8) is 0 Å². The normalized spacial score (nSPS) is 29.1. The minimum atomic E-state index is -3.44. The average molecular weight is 1830 g/mol. The molecule has 0 bridgehead atoms. The minimum Gasteiger partial charge on any atom is -0.459 e. The van der Waals surface area contributed by atoms with Crippen LogP contribution in [0.2, 0.25) is 0 Å². The maximum absolute atomic E-state index is 12.1. The first-order valence-corrected chi connectivity index (χ1v) is 48.5. The van der Waals surface area contributed by atoms with E-state index >= 15 is 0 Å². The van der Waals surface area contributed by atoms with Crippen LogP contribution in [-0.2, 0) is 33.4 Å². The van der Waals surface area contributed by atoms with E-state index in [9.17, 15) is 79.3 Å². The van der Waals surface area contributed by atoms with Gasteiger partial charge in [0.25, 0.3) is 10.1 Å². The second-order valence-electron chi connectivity index (χ2n) is 51.0. The molecule has 0 aliphatic carbocycles. The molecule has 2 unspecified atom stereocenters. The van der Waals surface area contributed by atoms with E-state index in [2.05, 4.69) is 146 Å². The molecule has 1 aromatic rings. The molecule has 0 spiro atoms. The number of aliphatic hydroxyl groups excluding tert-OH is 4. The van der Waals surface area contributed by atoms with Crippen LogP contribution in [0.3, 0.4) is 0 Å². The number of carbonyl (C=O) groups excluding carboxylic acids is 4. The van der Waals surface area contributed by atoms with Gasteiger partial charge in [-0.3, -0.25) is 18.6 Å². The smallest absolute Gasteiger partial charge is 0.338 e. The van der Waals surface area contributed by atoms with Gasteiger partial charge in [-0.15, -0.1) is 0 Å². The number of carbonyl (C=O) groups is 4. The number of piperidine rings is 10. The number of ether oxygens (including phenoxy) is 1. The molecule has 28 nitrogen and oxygen atoms in total. The Morgan fingerprint density at radius 2 is 0.677 bits per heavy atom. The van der Waals surface area contributed by atoms with Gasteiger partial charge in [0.2, 0.25) is 0 Å². The topological polar surface area (TPSA) is 391 Å². The fourth-order valence-electron chi connectivity index (χ4n) is 21.5. The Morgan fingerprint density at radius 1 is 0.354 bits per heavy atom. The van der Waals surface area contributed by atoms with Gasteiger partial charge < -0.3 is 77.7 Å². The van der Waals surface area contributed by atoms with E-state index in [0.29, 0.717) is 87.8 Å². The third kappa shape index (κ3) is 37.8. The second-order valence-corrected chi connectivity index (χ2v) is 52.6. The fourth-order valence-corrected chi connectivity index (χ4v) is 22.2. The predicted molar refractivity (Wildman–Crippen MR) is 507 cm³/mol. The lowest BCUT2D eigenvalue weighted by molar-refractivity contribution is -0.269. The molecule has 746 valence electrons. The molecular weight excluding hydrogens is 1640 g/mol. The van der Waals surface area contributed by atoms with Crippen molar-refractivity contribution >= 4 is 33.4 Å². The Balaban J connectivity index is 0.000000481. The van der Waals surface area contributed by atoms with Gasteiger partial charge in [0.05, 0.1) is 53.4 Å². The third-order valence-electron chi connectivity index (χ3n) is 26.5. The van der Waals surface area contributed by atoms with E-state index in [1.54, 1.807) is 12.1 Å². The number of nitrogens with one attached hydrogen (secondary N) is 4. The molecule has 14 N–H and O–H groups in total. The van der Waals surface area contributed by atoms with E-state index in [-0.39, 0.29) is 114 Å². The average Bonchev–Trinajstić information content (AvgIpc) is 0.785. The molecule has 0 radical (unpaired) electrons. The Kier molecular flexibility index (Phi) is 40.6. The fraction of sp³-hybridized carbons (Fsp3) is 0.898. The van der Waals surface area contributed by atoms with Crippen LogP contribution in [0.4, 0.5) is 0 Å². The summed E-state index contributed by atoms with van der Waals surface area (Å²) in [4.78, 5) is 46.0. The van der Waals surface area contributed by atoms with Crippen LogP contribution >= 0.6 is 0 Å². The maximum Gasteiger partial charge on any atom is 0.338 e. The van der Waals surface area contributed by atoms with Crippen LogP contribution in [0.5, 0.6) is 0 Å². The SMILES string of the molecule is CC1(C)CC(=O)CC(C)(C)N1.CC1(C)CC(=O)CC(C)(C)N1O.CC1(C)CC(O)CC(C)(C)N1.CC1(C)CC(O)CC(C)(C)N1O.CC1(C)CC(OC(=O)c2ccccc2)CC(C)(C)N1O.CC1(C)CC(OS(C)(=O)=O)CC(C)(C)N1O.CC1(C)CCC(=O)C(C)(C)N1.CC1(C)CCC(O)C(C)(C)N1.CC1(C)CCC(O)C(C)(C)N1O.CC1(C)CCCC(C)(C)N1O. The molecule has 29 heteroatoms. The summed E-state index contributed by atoms with van der Waals surface area (Å²) in [5.74, 6) is 0.638. The number of Topliss-reactive ketones (excluding diaryl/α,β-unsaturated/α-hetero) is 3. The quantitative estimate of drug-likeness (QED) is 0.0983. The van der Waals surface area contributed by atoms with Crippen LogP contribution in [-0.4, -0.2) is 267 Å². The molecule has 10 heterocycles. The molecule has 2 atom stereocenters. The molecule has 0 aromatic heterocycles. The van der Waals surface area contributed by atoms with Gasteiger partial charge in [0.1, 0.15) is 17.7 Å². The highest BCUT2D eigenvalue weighted by Crippen LogP contribution is 2.44. The van der Waals surface area contributed by atoms with Crippen molar-refractivity contribution in [3.8, 4) is 0 Å². The zero-order valence-electron chi connectivity index (χ0n) is 87.5. The van der Waals surface area contributed by atoms with Gasteiger partial charge in [-0.2, -0.15) is 38.8 Å². The van der Waals surface area contributed by atoms with Crippen molar-refractivity contribution in [2.45, 2.75) is 559 Å². The van der Waals surface area contributed by atoms with Crippen LogP contribution in [0, 0.1) is 0 Å². The van der Waals surface area contributed by atoms with Crippen molar-refractivity contribution in [2.24, 2.45) is 0 Å². The lowest BCUT2D eigenvalue weighted by Gasteiger charge is -2.51. The largest absolute Gasteiger partial charge is 0.459 e. The van der Waals surface area contributed by atoms with Crippen LogP contribution < -0.4 is 21.3 Å². The van der Waals surface area contributed by atoms with E-state index in [1.807, 2.05) is 171 Å². The summed E-state index contributed by atoms with van der Waals surface area (Å²) >= 11 is 0. The van der Waals surface area contributed by atoms with Gasteiger partial charge >= 0.3 is 5.97 Å². The number of hydroxylamine groups is 12. The van der Waals surface area contributed by atoms with Crippen molar-refractivity contribution < 1.29 is 88.2 Å². The first-order valence-electron chi connectivity index (χ1n) is 46.7. The monoisotopic (exact) mass is 1830 g/mol. The Bertz CT molecular complexity index is 3660. The second kappa shape index (κ2) is 43.0. The van der Waals surface area contributed by atoms with Crippen LogP contribution in [0.25, 0.3) is 0 Å². The lowest BCUT2D eigenvalue weighted by atomic mass is 9.80. The summed E-state index contributed by atoms with van der Waals surface area (Å²) in [6.07, 6.45) is 15.4. The molecule has 0 amide bonds. The highest BCUT2D eigenvalue weighted by Gasteiger charge is 2.52. The summed E-state index contributed by atoms with van der Waals surface area (Å²) in [7, 11) is -3.44. The van der Waals surface area contributed by atoms with E-state index in [4.69, 9.17) is 8.92 Å². The standard InChI is InChI=1S/C16H23NO3.C10H21NO4S.C9H19NO2.C9H17NO2.C9H19NO2.C9H19NO.C9H17NO.2C9H19NO.C9H17NO/c1-15(2)10-13(11-16(3,4)17(15)19)20-14(18)12-8-6-5-7-9-12;1-9(2)6-8(15-16(5,13)14)7-10(3,4)11(9)12;2*1-8(2)5-7(11)6-9(3,4)10(8)12;1-8(2)6-5-7(11)9(3,4)10(8)12;2*1-8(2)5-7(11)6-9(3,4)10-8;1-8(2)6-5-7-9(3,4)10(8)11;2*1-8(2)6-5-7(11)9(3,4)10-8/h5-9,13,19H,10-11H2,1-4H3;8,12H,6-7H2,1-5H3;7,11-12H,5-6H2,1-4H3;12H,5-6H2,1-4H3;7,11-12H,5-6H2,1-4H3;7,10-11H,5-6H2,1-4H3;10H,5-6H2,1-4H3;11H,5-7H2,1-4H3;7,10-11H,5-6H2,1-4H3;10H,5-6H2,1-4H3. The summed E-state index contributed by atoms with van der Waals surface area (Å²) in [6.45, 7) is 80.1. The third-order valence-corrected chi connectivity index (χ3v) is 27.1. The molecule has 10 aliphatic rings. The van der Waals surface area contributed by atoms with E-state index < -0.39 is 55.0 Å². The molecule has 11 rings (SSSR count). The summed E-state index contributed by atoms with van der Waals surface area (Å²) in [6, 6.07) is 9.01. The molecule has 127 heavy (non-hydrogen) atoms. The minimum absolute atomic E-state index is 0.0150. The number of hydrogen-bond acceptors (Lipinski definition) is 28. The van der Waals surface area contributed by atoms with E-state index in [1.165, 1.54) is 36.8 Å². The number of rotatable bonds is 4. The number of esters is 1. The zero-order valence-corrected chi connectivity index (χ0v) is 88.3. The highest BCUT2D eigenvalue weighted by atomic mass is 32.2. The van der Waals surface area contributed by atoms with Crippen molar-refractivity contribution in [1.82, 2.24) is 51.6 Å². The van der Waals surface area contributed by atoms with Crippen LogP contribution in [0.15, 0.2) is 30.3 Å². The van der Waals surface area contributed by atoms with Crippen molar-refractivity contribution in [1.29, 1.82) is 0 Å². The number of aliphatic hydroxyl groups is 4. The first-order chi connectivity index (χ1) is 56.1. The number of benzene rings is 1. The highest BCUT2D eigenvalue weighted by molar-refractivity contribution is 7.86. The molecule has 10 aliphatic heterocycles. The zero-order chi connectivity index (χ0) is 99.9. The van der Waals surface area contributed by atoms with Gasteiger partial charge in [-0.1, -0.05) is 18.2 Å². The van der Waals surface area contributed by atoms with Crippen LogP contribution in [0.1, 0.15) is 422 Å². The first kappa shape index (κ1) is 120. The maximum atomic E-state index is 12.1. The summed E-state index contributed by atoms with van der Waals surface area (Å²) in [5.41, 5.74) is -3.53. The summed E-state index contributed by atoms with van der Waals surface area (Å²) in [5, 5.41) is 120. The Labute approximate surface area is 770 Å². The lowest BCUT2D eigenvalue weighted by Crippen LogP contribution is -2.62. The Morgan fingerprint density at radius 3 is 1.01 bits per heavy atom. The number of nitrogens with zero attached hydrogens (tertiary/aromatic N) is 6. The number of ketones is 3. The van der Waals surface area contributed by atoms with Gasteiger partial charge in [0, 0.05) is 145 Å². The van der Waals surface area contributed by atoms with Gasteiger partial charge in [-0.25, -0.2) is 4.79 Å². The van der Waals surface area contributed by atoms with Gasteiger partial charge in [-0.05, 0) is 379 Å². The number of hydrogen-bond donors (Lipinski definition) is 14. The summed E-state index contributed by atoms with van der Waals surface area (Å²) < 4.78 is 32.9. The van der Waals surface area contributed by atoms with Gasteiger partial charge in [0.15, 0.2) is 5.78 Å². The molecule has 1 aromatic carbocycles. The van der Waals surface area contributed by atoms with Crippen molar-refractivity contribution in [2.75, 3.05) is 6.26 Å². The molecule has 10 fully saturated rings. The Hall–Kier alpha value is -3.19. The van der Waals surface area contributed by atoms with Crippen molar-refractivity contribution in [3.05, 3.63) is 35.9 Å². The molecular formula is C98H190N10O18S. The molecule has 10 saturated heterocycles. The molecule has 0 saturated carbocycles.